The number of hydrogen-bond acceptors (Lipinski definition) is 8. The van der Waals surface area contributed by atoms with Crippen LogP contribution in [0.15, 0.2) is 10.5 Å². The highest BCUT2D eigenvalue weighted by Gasteiger charge is 2.58. The molecule has 0 fully saturated rings. The average molecular weight is 440 g/mol. The molecule has 4 bridgehead atoms. The average Bonchev–Trinajstić information content (AvgIpc) is 3.11. The Labute approximate surface area is 164 Å². The summed E-state index contributed by atoms with van der Waals surface area (Å²) in [7, 11) is 0. The zero-order chi connectivity index (χ0) is 22.3. The Hall–Kier alpha value is -2.90. The molecule has 0 amide bonds. The van der Waals surface area contributed by atoms with E-state index in [0.717, 1.165) is 0 Å². The van der Waals surface area contributed by atoms with Gasteiger partial charge < -0.3 is 20.0 Å². The maximum atomic E-state index is 13.5. The lowest BCUT2D eigenvalue weighted by atomic mass is 9.94. The second kappa shape index (κ2) is 7.41. The van der Waals surface area contributed by atoms with Crippen molar-refractivity contribution in [1.29, 1.82) is 0 Å². The van der Waals surface area contributed by atoms with Crippen LogP contribution in [0.3, 0.4) is 0 Å². The van der Waals surface area contributed by atoms with Crippen molar-refractivity contribution in [2.24, 2.45) is 0 Å². The minimum Gasteiger partial charge on any atom is -0.477 e. The van der Waals surface area contributed by atoms with Crippen LogP contribution >= 0.6 is 0 Å². The summed E-state index contributed by atoms with van der Waals surface area (Å²) in [5, 5.41) is 16.7. The second-order valence-corrected chi connectivity index (χ2v) is 6.54. The van der Waals surface area contributed by atoms with Gasteiger partial charge in [0.05, 0.1) is 12.3 Å². The van der Waals surface area contributed by atoms with Gasteiger partial charge in [0.25, 0.3) is 11.8 Å². The van der Waals surface area contributed by atoms with E-state index in [2.05, 4.69) is 15.2 Å². The van der Waals surface area contributed by atoms with Crippen LogP contribution in [0.4, 0.5) is 32.0 Å². The molecule has 0 spiro atoms. The summed E-state index contributed by atoms with van der Waals surface area (Å²) in [5.74, 6) is -3.63. The number of halogens is 6. The Morgan fingerprint density at radius 2 is 1.83 bits per heavy atom. The predicted octanol–water partition coefficient (Wildman–Crippen LogP) is 3.00. The van der Waals surface area contributed by atoms with E-state index in [1.807, 2.05) is 0 Å². The molecule has 0 saturated heterocycles. The Morgan fingerprint density at radius 3 is 2.47 bits per heavy atom. The minimum absolute atomic E-state index is 0.0830. The molecule has 0 radical (unpaired) electrons. The number of nitrogen functional groups attached to an aromatic ring is 1. The number of carbonyl (C=O) groups excluding carboxylic acids is 1. The number of fused-ring (bicyclic) bond motifs is 5. The lowest BCUT2D eigenvalue weighted by Crippen LogP contribution is -2.43. The topological polar surface area (TPSA) is 124 Å². The van der Waals surface area contributed by atoms with Gasteiger partial charge in [-0.15, -0.1) is 10.2 Å². The van der Waals surface area contributed by atoms with E-state index in [1.165, 1.54) is 0 Å². The van der Waals surface area contributed by atoms with E-state index in [1.54, 1.807) is 0 Å². The predicted molar refractivity (Wildman–Crippen MR) is 85.9 cm³/mol. The van der Waals surface area contributed by atoms with Crippen molar-refractivity contribution in [3.63, 3.8) is 0 Å². The monoisotopic (exact) mass is 440 g/mol. The fraction of sp³-hybridized carbons (Fsp3) is 0.500. The number of alkyl halides is 6. The third-order valence-corrected chi connectivity index (χ3v) is 4.38. The van der Waals surface area contributed by atoms with Gasteiger partial charge in [-0.3, -0.25) is 4.79 Å². The van der Waals surface area contributed by atoms with Gasteiger partial charge >= 0.3 is 12.4 Å². The van der Waals surface area contributed by atoms with E-state index < -0.39 is 71.2 Å². The zero-order valence-electron chi connectivity index (χ0n) is 15.0. The number of aliphatic hydroxyl groups is 1. The molecule has 3 N–H and O–H groups in total. The van der Waals surface area contributed by atoms with Crippen molar-refractivity contribution in [1.82, 2.24) is 15.2 Å². The van der Waals surface area contributed by atoms with Crippen molar-refractivity contribution in [2.75, 3.05) is 12.3 Å². The Morgan fingerprint density at radius 1 is 1.13 bits per heavy atom. The number of ether oxygens (including phenoxy) is 1. The van der Waals surface area contributed by atoms with Crippen LogP contribution < -0.4 is 10.5 Å². The maximum absolute atomic E-state index is 13.5. The molecule has 0 aromatic carbocycles. The number of hydrogen-bond donors (Lipinski definition) is 2. The number of ketones is 1. The summed E-state index contributed by atoms with van der Waals surface area (Å²) in [4.78, 5) is 15.5. The SMILES string of the molecule is Nc1cc(C(F)(F)F)c2nc1-c1nnc(o1)C(O)(C(F)(F)F)CCC(=O)CCCO2. The molecule has 0 saturated carbocycles. The first kappa shape index (κ1) is 21.8. The fourth-order valence-electron chi connectivity index (χ4n) is 2.74. The van der Waals surface area contributed by atoms with Gasteiger partial charge in [-0.2, -0.15) is 26.3 Å². The fourth-order valence-corrected chi connectivity index (χ4v) is 2.74. The molecule has 1 aliphatic rings. The number of nitrogens with zero attached hydrogens (tertiary/aromatic N) is 3. The first-order valence-corrected chi connectivity index (χ1v) is 8.48. The number of nitrogens with two attached hydrogens (primary N) is 1. The number of carbonyl (C=O) groups is 1. The summed E-state index contributed by atoms with van der Waals surface area (Å²) in [6.07, 6.45) is -12.3. The summed E-state index contributed by atoms with van der Waals surface area (Å²) < 4.78 is 90.2. The third kappa shape index (κ3) is 4.04. The first-order chi connectivity index (χ1) is 13.8. The van der Waals surface area contributed by atoms with Crippen LogP contribution in [0.1, 0.15) is 37.1 Å². The number of Topliss-reactive ketones (excluding diaryl/α,β-unsaturated/α-hetero) is 1. The largest absolute Gasteiger partial charge is 0.477 e. The lowest BCUT2D eigenvalue weighted by Gasteiger charge is -2.26. The summed E-state index contributed by atoms with van der Waals surface area (Å²) in [5.41, 5.74) is -0.557. The van der Waals surface area contributed by atoms with Crippen LogP contribution in [-0.2, 0) is 16.6 Å². The molecule has 0 aliphatic carbocycles. The van der Waals surface area contributed by atoms with Crippen molar-refractivity contribution < 1.29 is 45.4 Å². The molecular formula is C16H14F6N4O4. The number of anilines is 1. The van der Waals surface area contributed by atoms with Crippen LogP contribution in [-0.4, -0.2) is 38.9 Å². The Bertz CT molecular complexity index is 958. The van der Waals surface area contributed by atoms with Crippen LogP contribution in [0, 0.1) is 0 Å². The van der Waals surface area contributed by atoms with Crippen molar-refractivity contribution >= 4 is 11.5 Å². The summed E-state index contributed by atoms with van der Waals surface area (Å²) in [6.45, 7) is -0.371. The molecular weight excluding hydrogens is 426 g/mol. The van der Waals surface area contributed by atoms with Crippen molar-refractivity contribution in [3.8, 4) is 17.5 Å². The lowest BCUT2D eigenvalue weighted by molar-refractivity contribution is -0.276. The molecule has 2 aromatic rings. The van der Waals surface area contributed by atoms with E-state index in [9.17, 15) is 36.2 Å². The minimum atomic E-state index is -5.28. The van der Waals surface area contributed by atoms with Gasteiger partial charge in [0.1, 0.15) is 11.3 Å². The normalized spacial score (nSPS) is 21.1. The van der Waals surface area contributed by atoms with E-state index in [4.69, 9.17) is 14.9 Å². The third-order valence-electron chi connectivity index (χ3n) is 4.38. The quantitative estimate of drug-likeness (QED) is 0.599. The highest BCUT2D eigenvalue weighted by molar-refractivity contribution is 5.78. The molecule has 3 heterocycles. The maximum Gasteiger partial charge on any atom is 0.426 e. The van der Waals surface area contributed by atoms with Gasteiger partial charge in [0.2, 0.25) is 11.5 Å². The zero-order valence-corrected chi connectivity index (χ0v) is 15.0. The second-order valence-electron chi connectivity index (χ2n) is 6.54. The molecule has 1 aliphatic heterocycles. The van der Waals surface area contributed by atoms with Gasteiger partial charge in [0.15, 0.2) is 5.69 Å². The molecule has 1 unspecified atom stereocenters. The number of rotatable bonds is 0. The smallest absolute Gasteiger partial charge is 0.426 e. The first-order valence-electron chi connectivity index (χ1n) is 8.48. The molecule has 2 aromatic heterocycles. The van der Waals surface area contributed by atoms with Crippen LogP contribution in [0.2, 0.25) is 0 Å². The molecule has 164 valence electrons. The van der Waals surface area contributed by atoms with Gasteiger partial charge in [-0.05, 0) is 12.5 Å². The number of aromatic nitrogens is 3. The highest BCUT2D eigenvalue weighted by Crippen LogP contribution is 2.44. The molecule has 1 atom stereocenters. The van der Waals surface area contributed by atoms with E-state index in [-0.39, 0.29) is 19.4 Å². The highest BCUT2D eigenvalue weighted by atomic mass is 19.4. The summed E-state index contributed by atoms with van der Waals surface area (Å²) in [6, 6.07) is 0.467. The standard InChI is InChI=1S/C16H14F6N4O4/c17-15(18,19)8-6-9(23)10-12-25-26-13(30-12)14(28,16(20,21)22)4-3-7(27)2-1-5-29-11(8)24-10/h6,28H,1-5,23H2. The van der Waals surface area contributed by atoms with E-state index in [0.29, 0.717) is 6.07 Å². The molecule has 30 heavy (non-hydrogen) atoms. The molecule has 8 nitrogen and oxygen atoms in total. The van der Waals surface area contributed by atoms with Crippen LogP contribution in [0.25, 0.3) is 11.6 Å². The molecule has 14 heteroatoms. The van der Waals surface area contributed by atoms with Crippen molar-refractivity contribution in [2.45, 2.75) is 43.6 Å². The van der Waals surface area contributed by atoms with Crippen LogP contribution in [0.5, 0.6) is 5.88 Å². The van der Waals surface area contributed by atoms with E-state index >= 15 is 0 Å². The van der Waals surface area contributed by atoms with Gasteiger partial charge in [-0.1, -0.05) is 0 Å². The molecule has 3 rings (SSSR count). The Kier molecular flexibility index (Phi) is 5.39. The van der Waals surface area contributed by atoms with Crippen molar-refractivity contribution in [3.05, 3.63) is 17.5 Å². The summed E-state index contributed by atoms with van der Waals surface area (Å²) >= 11 is 0. The van der Waals surface area contributed by atoms with Gasteiger partial charge in [-0.25, -0.2) is 4.98 Å². The number of pyridine rings is 1. The Balaban J connectivity index is 2.17. The van der Waals surface area contributed by atoms with Gasteiger partial charge in [0, 0.05) is 19.3 Å².